The second-order valence-corrected chi connectivity index (χ2v) is 3.35. The van der Waals surface area contributed by atoms with Crippen LogP contribution in [0.25, 0.3) is 5.65 Å². The Morgan fingerprint density at radius 2 is 2.36 bits per heavy atom. The van der Waals surface area contributed by atoms with Gasteiger partial charge in [-0.2, -0.15) is 0 Å². The number of rotatable bonds is 4. The highest BCUT2D eigenvalue weighted by Crippen LogP contribution is 2.10. The van der Waals surface area contributed by atoms with Gasteiger partial charge in [0.2, 0.25) is 0 Å². The van der Waals surface area contributed by atoms with E-state index in [0.29, 0.717) is 0 Å². The molecule has 0 aliphatic heterocycles. The van der Waals surface area contributed by atoms with Crippen LogP contribution in [0, 0.1) is 0 Å². The van der Waals surface area contributed by atoms with E-state index in [1.54, 1.807) is 0 Å². The monoisotopic (exact) mass is 189 g/mol. The molecule has 2 aromatic rings. The zero-order chi connectivity index (χ0) is 9.80. The topological polar surface area (TPSA) is 29.3 Å². The average molecular weight is 189 g/mol. The van der Waals surface area contributed by atoms with Gasteiger partial charge in [-0.05, 0) is 18.6 Å². The number of anilines is 1. The normalized spacial score (nSPS) is 10.6. The van der Waals surface area contributed by atoms with Gasteiger partial charge in [-0.1, -0.05) is 19.4 Å². The number of pyridine rings is 1. The lowest BCUT2D eigenvalue weighted by atomic mass is 10.3. The Kier molecular flexibility index (Phi) is 2.68. The molecule has 0 aromatic carbocycles. The van der Waals surface area contributed by atoms with Gasteiger partial charge in [0.1, 0.15) is 11.5 Å². The molecule has 2 rings (SSSR count). The SMILES string of the molecule is CCCCNc1cccc2nccn12. The minimum atomic E-state index is 0.992. The third kappa shape index (κ3) is 1.71. The van der Waals surface area contributed by atoms with Gasteiger partial charge in [0, 0.05) is 18.9 Å². The van der Waals surface area contributed by atoms with E-state index in [1.165, 1.54) is 12.8 Å². The number of imidazole rings is 1. The fourth-order valence-corrected chi connectivity index (χ4v) is 1.48. The van der Waals surface area contributed by atoms with Gasteiger partial charge in [-0.25, -0.2) is 4.98 Å². The average Bonchev–Trinajstić information content (AvgIpc) is 2.67. The minimum Gasteiger partial charge on any atom is -0.371 e. The van der Waals surface area contributed by atoms with Crippen molar-refractivity contribution in [3.63, 3.8) is 0 Å². The second kappa shape index (κ2) is 4.13. The van der Waals surface area contributed by atoms with E-state index in [1.807, 2.05) is 24.5 Å². The van der Waals surface area contributed by atoms with E-state index in [-0.39, 0.29) is 0 Å². The second-order valence-electron chi connectivity index (χ2n) is 3.35. The number of fused-ring (bicyclic) bond motifs is 1. The standard InChI is InChI=1S/C11H15N3/c1-2-3-7-12-10-5-4-6-11-13-8-9-14(10)11/h4-6,8-9,12H,2-3,7H2,1H3. The first kappa shape index (κ1) is 9.06. The number of hydrogen-bond donors (Lipinski definition) is 1. The van der Waals surface area contributed by atoms with E-state index in [2.05, 4.69) is 27.7 Å². The van der Waals surface area contributed by atoms with Crippen molar-refractivity contribution in [3.05, 3.63) is 30.6 Å². The summed E-state index contributed by atoms with van der Waals surface area (Å²) in [5, 5.41) is 3.40. The van der Waals surface area contributed by atoms with E-state index >= 15 is 0 Å². The molecule has 2 aromatic heterocycles. The summed E-state index contributed by atoms with van der Waals surface area (Å²) in [6.45, 7) is 3.22. The summed E-state index contributed by atoms with van der Waals surface area (Å²) in [5.41, 5.74) is 0.992. The van der Waals surface area contributed by atoms with Crippen molar-refractivity contribution < 1.29 is 0 Å². The minimum absolute atomic E-state index is 0.992. The Balaban J connectivity index is 2.19. The van der Waals surface area contributed by atoms with Crippen LogP contribution in [0.1, 0.15) is 19.8 Å². The van der Waals surface area contributed by atoms with Crippen molar-refractivity contribution in [2.45, 2.75) is 19.8 Å². The largest absolute Gasteiger partial charge is 0.371 e. The Labute approximate surface area is 83.8 Å². The number of aromatic nitrogens is 2. The molecule has 14 heavy (non-hydrogen) atoms. The maximum absolute atomic E-state index is 4.23. The maximum atomic E-state index is 4.23. The Morgan fingerprint density at radius 3 is 3.21 bits per heavy atom. The molecule has 0 bridgehead atoms. The number of nitrogens with one attached hydrogen (secondary N) is 1. The molecule has 74 valence electrons. The van der Waals surface area contributed by atoms with E-state index in [9.17, 15) is 0 Å². The van der Waals surface area contributed by atoms with Crippen molar-refractivity contribution in [3.8, 4) is 0 Å². The summed E-state index contributed by atoms with van der Waals surface area (Å²) in [4.78, 5) is 4.23. The fraction of sp³-hybridized carbons (Fsp3) is 0.364. The molecular formula is C11H15N3. The molecule has 0 unspecified atom stereocenters. The molecule has 0 saturated heterocycles. The van der Waals surface area contributed by atoms with Crippen LogP contribution in [0.15, 0.2) is 30.6 Å². The highest BCUT2D eigenvalue weighted by atomic mass is 15.1. The van der Waals surface area contributed by atoms with Gasteiger partial charge in [-0.3, -0.25) is 4.40 Å². The zero-order valence-corrected chi connectivity index (χ0v) is 8.40. The van der Waals surface area contributed by atoms with Crippen LogP contribution in [-0.2, 0) is 0 Å². The van der Waals surface area contributed by atoms with Gasteiger partial charge in [0.05, 0.1) is 0 Å². The van der Waals surface area contributed by atoms with Gasteiger partial charge in [-0.15, -0.1) is 0 Å². The van der Waals surface area contributed by atoms with Crippen LogP contribution < -0.4 is 5.32 Å². The smallest absolute Gasteiger partial charge is 0.138 e. The van der Waals surface area contributed by atoms with Crippen LogP contribution >= 0.6 is 0 Å². The third-order valence-electron chi connectivity index (χ3n) is 2.26. The number of unbranched alkanes of at least 4 members (excludes halogenated alkanes) is 1. The molecule has 0 aliphatic carbocycles. The van der Waals surface area contributed by atoms with E-state index in [4.69, 9.17) is 0 Å². The van der Waals surface area contributed by atoms with Crippen molar-refractivity contribution in [2.75, 3.05) is 11.9 Å². The van der Waals surface area contributed by atoms with Crippen LogP contribution in [0.3, 0.4) is 0 Å². The third-order valence-corrected chi connectivity index (χ3v) is 2.26. The van der Waals surface area contributed by atoms with Crippen LogP contribution in [0.5, 0.6) is 0 Å². The molecule has 0 spiro atoms. The molecule has 0 amide bonds. The Bertz CT molecular complexity index is 406. The molecule has 1 N–H and O–H groups in total. The molecule has 3 nitrogen and oxygen atoms in total. The lowest BCUT2D eigenvalue weighted by Gasteiger charge is -2.07. The molecule has 0 radical (unpaired) electrons. The van der Waals surface area contributed by atoms with Gasteiger partial charge < -0.3 is 5.32 Å². The molecule has 0 saturated carbocycles. The van der Waals surface area contributed by atoms with Crippen LogP contribution in [0.4, 0.5) is 5.82 Å². The van der Waals surface area contributed by atoms with Gasteiger partial charge in [0.25, 0.3) is 0 Å². The molecule has 0 fully saturated rings. The first-order valence-corrected chi connectivity index (χ1v) is 5.08. The summed E-state index contributed by atoms with van der Waals surface area (Å²) in [5.74, 6) is 1.12. The summed E-state index contributed by atoms with van der Waals surface area (Å²) in [7, 11) is 0. The van der Waals surface area contributed by atoms with Gasteiger partial charge >= 0.3 is 0 Å². The Morgan fingerprint density at radius 1 is 1.43 bits per heavy atom. The lowest BCUT2D eigenvalue weighted by Crippen LogP contribution is -2.04. The lowest BCUT2D eigenvalue weighted by molar-refractivity contribution is 0.829. The number of nitrogens with zero attached hydrogens (tertiary/aromatic N) is 2. The quantitative estimate of drug-likeness (QED) is 0.749. The van der Waals surface area contributed by atoms with Crippen molar-refractivity contribution in [1.82, 2.24) is 9.38 Å². The molecule has 2 heterocycles. The van der Waals surface area contributed by atoms with Crippen LogP contribution in [0.2, 0.25) is 0 Å². The van der Waals surface area contributed by atoms with Crippen molar-refractivity contribution >= 4 is 11.5 Å². The molecule has 0 atom stereocenters. The first-order chi connectivity index (χ1) is 6.92. The summed E-state index contributed by atoms with van der Waals surface area (Å²) >= 11 is 0. The van der Waals surface area contributed by atoms with E-state index in [0.717, 1.165) is 18.0 Å². The molecule has 3 heteroatoms. The van der Waals surface area contributed by atoms with Crippen molar-refractivity contribution in [1.29, 1.82) is 0 Å². The predicted octanol–water partition coefficient (Wildman–Crippen LogP) is 2.55. The maximum Gasteiger partial charge on any atom is 0.138 e. The zero-order valence-electron chi connectivity index (χ0n) is 8.40. The summed E-state index contributed by atoms with van der Waals surface area (Å²) in [6.07, 6.45) is 6.21. The first-order valence-electron chi connectivity index (χ1n) is 5.08. The fourth-order valence-electron chi connectivity index (χ4n) is 1.48. The highest BCUT2D eigenvalue weighted by Gasteiger charge is 1.97. The van der Waals surface area contributed by atoms with Crippen LogP contribution in [-0.4, -0.2) is 15.9 Å². The summed E-state index contributed by atoms with van der Waals surface area (Å²) < 4.78 is 2.07. The predicted molar refractivity (Wildman–Crippen MR) is 58.6 cm³/mol. The van der Waals surface area contributed by atoms with Gasteiger partial charge in [0.15, 0.2) is 0 Å². The molecule has 0 aliphatic rings. The summed E-state index contributed by atoms with van der Waals surface area (Å²) in [6, 6.07) is 6.10. The Hall–Kier alpha value is -1.51. The highest BCUT2D eigenvalue weighted by molar-refractivity contribution is 5.49. The van der Waals surface area contributed by atoms with Crippen molar-refractivity contribution in [2.24, 2.45) is 0 Å². The van der Waals surface area contributed by atoms with E-state index < -0.39 is 0 Å². The molecular weight excluding hydrogens is 174 g/mol. The number of hydrogen-bond acceptors (Lipinski definition) is 2.